The summed E-state index contributed by atoms with van der Waals surface area (Å²) in [5, 5.41) is 0. The molecule has 0 radical (unpaired) electrons. The van der Waals surface area contributed by atoms with Crippen LogP contribution in [0.5, 0.6) is 6.01 Å². The number of nitrogens with two attached hydrogens (primary N) is 1. The second-order valence-electron chi connectivity index (χ2n) is 3.61. The highest BCUT2D eigenvalue weighted by Gasteiger charge is 2.09. The largest absolute Gasteiger partial charge is 0.463 e. The number of rotatable bonds is 4. The molecule has 6 nitrogen and oxygen atoms in total. The van der Waals surface area contributed by atoms with E-state index in [9.17, 15) is 0 Å². The van der Waals surface area contributed by atoms with Gasteiger partial charge >= 0.3 is 6.01 Å². The van der Waals surface area contributed by atoms with Crippen molar-refractivity contribution in [2.24, 2.45) is 0 Å². The minimum Gasteiger partial charge on any atom is -0.463 e. The van der Waals surface area contributed by atoms with Gasteiger partial charge in [0.15, 0.2) is 17.0 Å². The molecule has 0 bridgehead atoms. The molecular weight excluding hydrogens is 206 g/mol. The maximum atomic E-state index is 5.76. The first-order chi connectivity index (χ1) is 7.70. The summed E-state index contributed by atoms with van der Waals surface area (Å²) in [6.45, 7) is 4.55. The van der Waals surface area contributed by atoms with Gasteiger partial charge in [-0.25, -0.2) is 4.98 Å². The van der Waals surface area contributed by atoms with Gasteiger partial charge in [0.1, 0.15) is 5.82 Å². The molecule has 16 heavy (non-hydrogen) atoms. The van der Waals surface area contributed by atoms with Crippen LogP contribution < -0.4 is 10.5 Å². The molecule has 0 spiro atoms. The average molecular weight is 221 g/mol. The Kier molecular flexibility index (Phi) is 2.89. The molecule has 0 aliphatic heterocycles. The van der Waals surface area contributed by atoms with Crippen LogP contribution in [0.25, 0.3) is 11.2 Å². The Bertz CT molecular complexity index is 493. The zero-order valence-electron chi connectivity index (χ0n) is 9.45. The molecule has 2 aromatic heterocycles. The van der Waals surface area contributed by atoms with Crippen LogP contribution >= 0.6 is 0 Å². The fourth-order valence-corrected chi connectivity index (χ4v) is 1.39. The molecule has 0 atom stereocenters. The number of anilines is 1. The zero-order chi connectivity index (χ0) is 11.5. The summed E-state index contributed by atoms with van der Waals surface area (Å²) in [6, 6.07) is 0.308. The van der Waals surface area contributed by atoms with Crippen molar-refractivity contribution in [3.8, 4) is 6.01 Å². The van der Waals surface area contributed by atoms with Crippen molar-refractivity contribution in [3.05, 3.63) is 5.82 Å². The van der Waals surface area contributed by atoms with Crippen LogP contribution in [-0.4, -0.2) is 26.5 Å². The predicted molar refractivity (Wildman–Crippen MR) is 61.2 cm³/mol. The van der Waals surface area contributed by atoms with Gasteiger partial charge in [-0.1, -0.05) is 13.3 Å². The molecule has 6 heteroatoms. The Labute approximate surface area is 93.3 Å². The quantitative estimate of drug-likeness (QED) is 0.762. The van der Waals surface area contributed by atoms with Crippen LogP contribution in [0, 0.1) is 6.92 Å². The van der Waals surface area contributed by atoms with Gasteiger partial charge in [-0.05, 0) is 13.3 Å². The number of aromatic nitrogens is 4. The van der Waals surface area contributed by atoms with Crippen LogP contribution in [0.15, 0.2) is 0 Å². The Hall–Kier alpha value is -1.85. The number of nitrogen functional groups attached to an aromatic ring is 1. The van der Waals surface area contributed by atoms with Crippen molar-refractivity contribution in [1.29, 1.82) is 0 Å². The molecule has 86 valence electrons. The highest BCUT2D eigenvalue weighted by atomic mass is 16.5. The second kappa shape index (κ2) is 4.34. The third-order valence-corrected chi connectivity index (χ3v) is 2.20. The molecule has 0 fully saturated rings. The topological polar surface area (TPSA) is 89.7 Å². The van der Waals surface area contributed by atoms with Gasteiger partial charge in [0.2, 0.25) is 0 Å². The summed E-state index contributed by atoms with van der Waals surface area (Å²) < 4.78 is 5.39. The highest BCUT2D eigenvalue weighted by Crippen LogP contribution is 2.18. The monoisotopic (exact) mass is 221 g/mol. The summed E-state index contributed by atoms with van der Waals surface area (Å²) >= 11 is 0. The average Bonchev–Trinajstić information content (AvgIpc) is 2.60. The first kappa shape index (κ1) is 10.7. The third kappa shape index (κ3) is 2.05. The van der Waals surface area contributed by atoms with E-state index in [4.69, 9.17) is 10.5 Å². The molecule has 3 N–H and O–H groups in total. The molecule has 0 saturated heterocycles. The first-order valence-electron chi connectivity index (χ1n) is 5.33. The number of aryl methyl sites for hydroxylation is 1. The van der Waals surface area contributed by atoms with E-state index >= 15 is 0 Å². The van der Waals surface area contributed by atoms with Gasteiger partial charge in [-0.2, -0.15) is 9.97 Å². The number of unbranched alkanes of at least 4 members (excludes halogenated alkanes) is 1. The fraction of sp³-hybridized carbons (Fsp3) is 0.500. The predicted octanol–water partition coefficient (Wildman–Crippen LogP) is 1.42. The van der Waals surface area contributed by atoms with Crippen molar-refractivity contribution >= 4 is 17.0 Å². The molecule has 0 aliphatic rings. The lowest BCUT2D eigenvalue weighted by Gasteiger charge is -2.03. The highest BCUT2D eigenvalue weighted by molar-refractivity contribution is 5.81. The lowest BCUT2D eigenvalue weighted by molar-refractivity contribution is 0.287. The summed E-state index contributed by atoms with van der Waals surface area (Å²) in [5.41, 5.74) is 6.98. The molecule has 0 amide bonds. The zero-order valence-corrected chi connectivity index (χ0v) is 9.45. The Morgan fingerprint density at radius 3 is 2.88 bits per heavy atom. The molecular formula is C10H15N5O. The number of H-pyrrole nitrogens is 1. The van der Waals surface area contributed by atoms with E-state index in [2.05, 4.69) is 26.9 Å². The van der Waals surface area contributed by atoms with E-state index in [0.29, 0.717) is 29.6 Å². The number of aromatic amines is 1. The maximum absolute atomic E-state index is 5.76. The van der Waals surface area contributed by atoms with Crippen molar-refractivity contribution in [1.82, 2.24) is 19.9 Å². The maximum Gasteiger partial charge on any atom is 0.320 e. The van der Waals surface area contributed by atoms with Crippen molar-refractivity contribution in [2.45, 2.75) is 26.7 Å². The van der Waals surface area contributed by atoms with E-state index in [1.807, 2.05) is 6.92 Å². The standard InChI is InChI=1S/C10H15N5O/c1-3-4-5-16-10-14-8(11)7-9(15-10)13-6(2)12-7/h3-5H2,1-2H3,(H3,11,12,13,14,15). The van der Waals surface area contributed by atoms with E-state index in [1.165, 1.54) is 0 Å². The van der Waals surface area contributed by atoms with E-state index in [-0.39, 0.29) is 0 Å². The van der Waals surface area contributed by atoms with Gasteiger partial charge in [0, 0.05) is 0 Å². The van der Waals surface area contributed by atoms with Crippen LogP contribution in [0.2, 0.25) is 0 Å². The van der Waals surface area contributed by atoms with E-state index in [0.717, 1.165) is 18.7 Å². The summed E-state index contributed by atoms with van der Waals surface area (Å²) in [5.74, 6) is 1.11. The summed E-state index contributed by atoms with van der Waals surface area (Å²) in [6.07, 6.45) is 2.05. The van der Waals surface area contributed by atoms with Gasteiger partial charge in [-0.3, -0.25) is 0 Å². The van der Waals surface area contributed by atoms with Gasteiger partial charge < -0.3 is 15.5 Å². The third-order valence-electron chi connectivity index (χ3n) is 2.20. The van der Waals surface area contributed by atoms with E-state index in [1.54, 1.807) is 0 Å². The van der Waals surface area contributed by atoms with E-state index < -0.39 is 0 Å². The minimum absolute atomic E-state index is 0.308. The van der Waals surface area contributed by atoms with Crippen LogP contribution in [0.3, 0.4) is 0 Å². The number of hydrogen-bond acceptors (Lipinski definition) is 5. The van der Waals surface area contributed by atoms with Crippen LogP contribution in [0.4, 0.5) is 5.82 Å². The number of fused-ring (bicyclic) bond motifs is 1. The van der Waals surface area contributed by atoms with Gasteiger partial charge in [0.25, 0.3) is 0 Å². The molecule has 2 rings (SSSR count). The lowest BCUT2D eigenvalue weighted by Crippen LogP contribution is -2.03. The smallest absolute Gasteiger partial charge is 0.320 e. The first-order valence-corrected chi connectivity index (χ1v) is 5.33. The fourth-order valence-electron chi connectivity index (χ4n) is 1.39. The van der Waals surface area contributed by atoms with Gasteiger partial charge in [-0.15, -0.1) is 0 Å². The normalized spacial score (nSPS) is 10.9. The molecule has 0 aromatic carbocycles. The van der Waals surface area contributed by atoms with Gasteiger partial charge in [0.05, 0.1) is 6.61 Å². The van der Waals surface area contributed by atoms with Crippen molar-refractivity contribution in [3.63, 3.8) is 0 Å². The van der Waals surface area contributed by atoms with Crippen LogP contribution in [0.1, 0.15) is 25.6 Å². The molecule has 0 aliphatic carbocycles. The number of hydrogen-bond donors (Lipinski definition) is 2. The SMILES string of the molecule is CCCCOc1nc(N)c2nc(C)[nH]c2n1. The number of nitrogens with zero attached hydrogens (tertiary/aromatic N) is 3. The lowest BCUT2D eigenvalue weighted by atomic mass is 10.4. The minimum atomic E-state index is 0.308. The number of ether oxygens (including phenoxy) is 1. The molecule has 2 aromatic rings. The molecule has 2 heterocycles. The number of imidazole rings is 1. The second-order valence-corrected chi connectivity index (χ2v) is 3.61. The Morgan fingerprint density at radius 1 is 1.31 bits per heavy atom. The van der Waals surface area contributed by atoms with Crippen molar-refractivity contribution in [2.75, 3.05) is 12.3 Å². The summed E-state index contributed by atoms with van der Waals surface area (Å²) in [4.78, 5) is 15.4. The van der Waals surface area contributed by atoms with Crippen LogP contribution in [-0.2, 0) is 0 Å². The number of nitrogens with one attached hydrogen (secondary N) is 1. The Morgan fingerprint density at radius 2 is 2.12 bits per heavy atom. The van der Waals surface area contributed by atoms with Crippen molar-refractivity contribution < 1.29 is 4.74 Å². The molecule has 0 unspecified atom stereocenters. The summed E-state index contributed by atoms with van der Waals surface area (Å²) in [7, 11) is 0. The molecule has 0 saturated carbocycles. The Balaban J connectivity index is 2.27.